The molecule has 2 N–H and O–H groups in total. The molecule has 0 aliphatic carbocycles. The van der Waals surface area contributed by atoms with Crippen molar-refractivity contribution in [3.8, 4) is 5.75 Å². The highest BCUT2D eigenvalue weighted by atomic mass is 16.5. The third-order valence-electron chi connectivity index (χ3n) is 4.66. The highest BCUT2D eigenvalue weighted by molar-refractivity contribution is 5.77. The molecule has 5 heteroatoms. The van der Waals surface area contributed by atoms with Crippen LogP contribution < -0.4 is 10.1 Å². The van der Waals surface area contributed by atoms with Gasteiger partial charge in [0.2, 0.25) is 5.91 Å². The number of amides is 1. The van der Waals surface area contributed by atoms with E-state index in [-0.39, 0.29) is 12.5 Å². The van der Waals surface area contributed by atoms with E-state index in [1.807, 2.05) is 19.1 Å². The Morgan fingerprint density at radius 2 is 2.18 bits per heavy atom. The fourth-order valence-corrected chi connectivity index (χ4v) is 3.59. The Kier molecular flexibility index (Phi) is 4.64. The molecule has 0 unspecified atom stereocenters. The smallest absolute Gasteiger partial charge is 0.220 e. The molecule has 22 heavy (non-hydrogen) atoms. The van der Waals surface area contributed by atoms with Crippen LogP contribution in [0.2, 0.25) is 0 Å². The highest BCUT2D eigenvalue weighted by Crippen LogP contribution is 2.30. The van der Waals surface area contributed by atoms with E-state index in [1.54, 1.807) is 0 Å². The first-order valence-corrected chi connectivity index (χ1v) is 8.04. The summed E-state index contributed by atoms with van der Waals surface area (Å²) in [6, 6.07) is 6.03. The molecule has 1 aromatic carbocycles. The van der Waals surface area contributed by atoms with Crippen LogP contribution in [0.4, 0.5) is 0 Å². The lowest BCUT2D eigenvalue weighted by Gasteiger charge is -2.23. The Morgan fingerprint density at radius 3 is 2.95 bits per heavy atom. The van der Waals surface area contributed by atoms with E-state index >= 15 is 0 Å². The zero-order valence-electron chi connectivity index (χ0n) is 13.0. The molecule has 0 spiro atoms. The van der Waals surface area contributed by atoms with Gasteiger partial charge in [-0.1, -0.05) is 6.07 Å². The van der Waals surface area contributed by atoms with E-state index in [0.29, 0.717) is 24.9 Å². The maximum Gasteiger partial charge on any atom is 0.220 e. The number of fused-ring (bicyclic) bond motifs is 1. The second-order valence-corrected chi connectivity index (χ2v) is 6.26. The average Bonchev–Trinajstić information content (AvgIpc) is 2.90. The molecule has 0 saturated carbocycles. The monoisotopic (exact) mass is 304 g/mol. The van der Waals surface area contributed by atoms with Crippen LogP contribution in [0, 0.1) is 11.8 Å². The number of ether oxygens (including phenoxy) is 1. The van der Waals surface area contributed by atoms with Crippen LogP contribution >= 0.6 is 0 Å². The summed E-state index contributed by atoms with van der Waals surface area (Å²) >= 11 is 0. The van der Waals surface area contributed by atoms with Crippen LogP contribution in [-0.4, -0.2) is 42.2 Å². The summed E-state index contributed by atoms with van der Waals surface area (Å²) in [6.45, 7) is 6.23. The largest absolute Gasteiger partial charge is 0.494 e. The Hall–Kier alpha value is -1.59. The number of benzene rings is 1. The van der Waals surface area contributed by atoms with Crippen molar-refractivity contribution in [2.75, 3.05) is 26.2 Å². The van der Waals surface area contributed by atoms with Crippen LogP contribution in [0.5, 0.6) is 5.75 Å². The number of rotatable bonds is 5. The average molecular weight is 304 g/mol. The van der Waals surface area contributed by atoms with Gasteiger partial charge in [0.15, 0.2) is 0 Å². The summed E-state index contributed by atoms with van der Waals surface area (Å²) < 4.78 is 5.52. The minimum Gasteiger partial charge on any atom is -0.494 e. The van der Waals surface area contributed by atoms with Crippen molar-refractivity contribution in [3.63, 3.8) is 0 Å². The lowest BCUT2D eigenvalue weighted by Crippen LogP contribution is -2.39. The van der Waals surface area contributed by atoms with Gasteiger partial charge in [-0.25, -0.2) is 0 Å². The predicted octanol–water partition coefficient (Wildman–Crippen LogP) is 1.15. The Balaban J connectivity index is 1.65. The number of likely N-dealkylation sites (tertiary alicyclic amines) is 1. The van der Waals surface area contributed by atoms with Crippen molar-refractivity contribution in [3.05, 3.63) is 29.3 Å². The molecule has 2 heterocycles. The Bertz CT molecular complexity index is 547. The zero-order valence-corrected chi connectivity index (χ0v) is 13.0. The number of aliphatic hydroxyl groups is 1. The molecular weight excluding hydrogens is 280 g/mol. The van der Waals surface area contributed by atoms with Crippen LogP contribution in [0.25, 0.3) is 0 Å². The number of hydrogen-bond donors (Lipinski definition) is 2. The van der Waals surface area contributed by atoms with Gasteiger partial charge in [0.1, 0.15) is 5.75 Å². The number of carbonyl (C=O) groups excluding carboxylic acids is 1. The first kappa shape index (κ1) is 15.3. The van der Waals surface area contributed by atoms with Gasteiger partial charge in [-0.15, -0.1) is 0 Å². The summed E-state index contributed by atoms with van der Waals surface area (Å²) in [7, 11) is 0. The van der Waals surface area contributed by atoms with Crippen molar-refractivity contribution in [1.82, 2.24) is 10.2 Å². The van der Waals surface area contributed by atoms with Crippen molar-refractivity contribution in [1.29, 1.82) is 0 Å². The molecule has 120 valence electrons. The maximum absolute atomic E-state index is 11.5. The highest BCUT2D eigenvalue weighted by Gasteiger charge is 2.36. The first-order chi connectivity index (χ1) is 10.7. The van der Waals surface area contributed by atoms with E-state index in [1.165, 1.54) is 5.56 Å². The van der Waals surface area contributed by atoms with Gasteiger partial charge < -0.3 is 15.2 Å². The van der Waals surface area contributed by atoms with Gasteiger partial charge in [-0.05, 0) is 36.5 Å². The normalized spacial score (nSPS) is 24.9. The molecule has 3 rings (SSSR count). The number of carbonyl (C=O) groups is 1. The molecule has 2 aliphatic rings. The van der Waals surface area contributed by atoms with Crippen molar-refractivity contribution in [2.24, 2.45) is 11.8 Å². The predicted molar refractivity (Wildman–Crippen MR) is 83.4 cm³/mol. The van der Waals surface area contributed by atoms with Gasteiger partial charge in [0.05, 0.1) is 13.2 Å². The summed E-state index contributed by atoms with van der Waals surface area (Å²) in [6.07, 6.45) is 0.659. The zero-order chi connectivity index (χ0) is 15.5. The van der Waals surface area contributed by atoms with Crippen LogP contribution in [-0.2, 0) is 17.9 Å². The van der Waals surface area contributed by atoms with Gasteiger partial charge in [0.25, 0.3) is 0 Å². The topological polar surface area (TPSA) is 61.8 Å². The minimum absolute atomic E-state index is 0.00710. The Labute approximate surface area is 131 Å². The SMILES string of the molecule is CCOc1ccc(CN2C[C@H]3CC(=O)NC[C@H]3C2)cc1CO. The molecule has 2 fully saturated rings. The van der Waals surface area contributed by atoms with E-state index in [2.05, 4.69) is 16.3 Å². The Morgan fingerprint density at radius 1 is 1.36 bits per heavy atom. The first-order valence-electron chi connectivity index (χ1n) is 8.04. The number of hydrogen-bond acceptors (Lipinski definition) is 4. The molecule has 1 aromatic rings. The van der Waals surface area contributed by atoms with Gasteiger partial charge in [-0.3, -0.25) is 9.69 Å². The summed E-state index contributed by atoms with van der Waals surface area (Å²) in [5.74, 6) is 2.02. The fraction of sp³-hybridized carbons (Fsp3) is 0.588. The van der Waals surface area contributed by atoms with Crippen molar-refractivity contribution >= 4 is 5.91 Å². The lowest BCUT2D eigenvalue weighted by molar-refractivity contribution is -0.124. The fourth-order valence-electron chi connectivity index (χ4n) is 3.59. The maximum atomic E-state index is 11.5. The quantitative estimate of drug-likeness (QED) is 0.856. The molecule has 2 saturated heterocycles. The van der Waals surface area contributed by atoms with Gasteiger partial charge in [0, 0.05) is 38.2 Å². The number of nitrogens with one attached hydrogen (secondary N) is 1. The van der Waals surface area contributed by atoms with Crippen LogP contribution in [0.3, 0.4) is 0 Å². The molecule has 2 aliphatic heterocycles. The molecule has 0 bridgehead atoms. The number of aliphatic hydroxyl groups excluding tert-OH is 1. The van der Waals surface area contributed by atoms with Crippen LogP contribution in [0.15, 0.2) is 18.2 Å². The van der Waals surface area contributed by atoms with Crippen molar-refractivity contribution < 1.29 is 14.6 Å². The van der Waals surface area contributed by atoms with E-state index in [9.17, 15) is 9.90 Å². The standard InChI is InChI=1S/C17H24N2O3/c1-2-22-16-4-3-12(5-14(16)11-20)8-19-9-13-6-17(21)18-7-15(13)10-19/h3-5,13,15,20H,2,6-11H2,1H3,(H,18,21)/t13-,15+/m1/s1. The lowest BCUT2D eigenvalue weighted by atomic mass is 9.89. The second kappa shape index (κ2) is 6.67. The number of piperidine rings is 1. The summed E-state index contributed by atoms with van der Waals surface area (Å²) in [5, 5.41) is 12.5. The molecule has 2 atom stereocenters. The van der Waals surface area contributed by atoms with E-state index < -0.39 is 0 Å². The molecule has 0 aromatic heterocycles. The third kappa shape index (κ3) is 3.25. The molecule has 0 radical (unpaired) electrons. The van der Waals surface area contributed by atoms with E-state index in [0.717, 1.165) is 37.5 Å². The van der Waals surface area contributed by atoms with Crippen molar-refractivity contribution in [2.45, 2.75) is 26.5 Å². The minimum atomic E-state index is -0.00710. The summed E-state index contributed by atoms with van der Waals surface area (Å²) in [5.41, 5.74) is 2.03. The van der Waals surface area contributed by atoms with Gasteiger partial charge in [-0.2, -0.15) is 0 Å². The van der Waals surface area contributed by atoms with E-state index in [4.69, 9.17) is 4.74 Å². The second-order valence-electron chi connectivity index (χ2n) is 6.26. The number of nitrogens with zero attached hydrogens (tertiary/aromatic N) is 1. The molecule has 5 nitrogen and oxygen atoms in total. The molecule has 1 amide bonds. The van der Waals surface area contributed by atoms with Crippen LogP contribution in [0.1, 0.15) is 24.5 Å². The van der Waals surface area contributed by atoms with Gasteiger partial charge >= 0.3 is 0 Å². The third-order valence-corrected chi connectivity index (χ3v) is 4.66. The molecular formula is C17H24N2O3. The summed E-state index contributed by atoms with van der Waals surface area (Å²) in [4.78, 5) is 13.9.